The summed E-state index contributed by atoms with van der Waals surface area (Å²) in [6.07, 6.45) is 2.00. The van der Waals surface area contributed by atoms with E-state index in [1.54, 1.807) is 17.4 Å². The average molecular weight is 398 g/mol. The summed E-state index contributed by atoms with van der Waals surface area (Å²) < 4.78 is 0. The van der Waals surface area contributed by atoms with Gasteiger partial charge in [0.25, 0.3) is 0 Å². The maximum Gasteiger partial charge on any atom is 0.244 e. The van der Waals surface area contributed by atoms with E-state index >= 15 is 0 Å². The third kappa shape index (κ3) is 3.42. The number of fused-ring (bicyclic) bond motifs is 2. The van der Waals surface area contributed by atoms with E-state index in [-0.39, 0.29) is 43.1 Å². The van der Waals surface area contributed by atoms with Crippen LogP contribution in [0.2, 0.25) is 0 Å². The first-order valence-corrected chi connectivity index (χ1v) is 10.5. The number of amides is 3. The van der Waals surface area contributed by atoms with Crippen molar-refractivity contribution in [2.75, 3.05) is 23.3 Å². The Kier molecular flexibility index (Phi) is 5.17. The van der Waals surface area contributed by atoms with Crippen molar-refractivity contribution in [1.29, 1.82) is 0 Å². The Morgan fingerprint density at radius 2 is 1.96 bits per heavy atom. The first kappa shape index (κ1) is 18.7. The second-order valence-electron chi connectivity index (χ2n) is 7.11. The van der Waals surface area contributed by atoms with Crippen LogP contribution in [0.25, 0.3) is 0 Å². The molecule has 2 aliphatic rings. The zero-order valence-electron chi connectivity index (χ0n) is 15.8. The van der Waals surface area contributed by atoms with Crippen LogP contribution in [0.1, 0.15) is 42.7 Å². The number of thiophene rings is 1. The summed E-state index contributed by atoms with van der Waals surface area (Å²) in [5.41, 5.74) is 2.57. The topological polar surface area (TPSA) is 69.7 Å². The second kappa shape index (κ2) is 7.75. The van der Waals surface area contributed by atoms with Crippen LogP contribution in [0.3, 0.4) is 0 Å². The number of nitrogens with zero attached hydrogens (tertiary/aromatic N) is 2. The van der Waals surface area contributed by atoms with Crippen LogP contribution in [-0.2, 0) is 20.8 Å². The standard InChI is InChI=1S/C21H23N3O3S/c1-2-16-14-10-12-28-18(14)9-11-23(16)20(26)7-8-21(27)24-13-19(25)22-15-5-3-4-6-17(15)24/h3-6,10,12,16H,2,7-9,11,13H2,1H3,(H,22,25). The number of carbonyl (C=O) groups is 3. The molecule has 3 amide bonds. The molecule has 0 fully saturated rings. The van der Waals surface area contributed by atoms with Crippen molar-refractivity contribution in [3.8, 4) is 0 Å². The Bertz CT molecular complexity index is 923. The molecule has 0 saturated heterocycles. The number of rotatable bonds is 4. The van der Waals surface area contributed by atoms with E-state index in [0.717, 1.165) is 12.8 Å². The molecule has 3 heterocycles. The molecule has 146 valence electrons. The highest BCUT2D eigenvalue weighted by molar-refractivity contribution is 7.10. The quantitative estimate of drug-likeness (QED) is 0.860. The molecule has 0 spiro atoms. The number of anilines is 2. The smallest absolute Gasteiger partial charge is 0.244 e. The lowest BCUT2D eigenvalue weighted by atomic mass is 9.97. The SMILES string of the molecule is CCC1c2ccsc2CCN1C(=O)CCC(=O)N1CC(=O)Nc2ccccc21. The van der Waals surface area contributed by atoms with Crippen LogP contribution in [0.5, 0.6) is 0 Å². The molecular weight excluding hydrogens is 374 g/mol. The Labute approximate surface area is 168 Å². The zero-order valence-corrected chi connectivity index (χ0v) is 16.6. The number of carbonyl (C=O) groups excluding carboxylic acids is 3. The Balaban J connectivity index is 1.43. The third-order valence-corrected chi connectivity index (χ3v) is 6.42. The third-order valence-electron chi connectivity index (χ3n) is 5.43. The monoisotopic (exact) mass is 397 g/mol. The molecule has 2 aliphatic heterocycles. The predicted octanol–water partition coefficient (Wildman–Crippen LogP) is 3.35. The van der Waals surface area contributed by atoms with Crippen molar-refractivity contribution in [3.05, 3.63) is 46.2 Å². The van der Waals surface area contributed by atoms with Crippen LogP contribution in [0, 0.1) is 0 Å². The Hall–Kier alpha value is -2.67. The molecule has 6 nitrogen and oxygen atoms in total. The summed E-state index contributed by atoms with van der Waals surface area (Å²) >= 11 is 1.75. The lowest BCUT2D eigenvalue weighted by Gasteiger charge is -2.36. The van der Waals surface area contributed by atoms with E-state index in [9.17, 15) is 14.4 Å². The van der Waals surface area contributed by atoms with E-state index in [1.807, 2.05) is 23.1 Å². The lowest BCUT2D eigenvalue weighted by molar-refractivity contribution is -0.135. The van der Waals surface area contributed by atoms with E-state index < -0.39 is 0 Å². The molecule has 1 atom stereocenters. The highest BCUT2D eigenvalue weighted by Crippen LogP contribution is 2.36. The van der Waals surface area contributed by atoms with Gasteiger partial charge in [-0.1, -0.05) is 19.1 Å². The van der Waals surface area contributed by atoms with Gasteiger partial charge in [0, 0.05) is 24.3 Å². The lowest BCUT2D eigenvalue weighted by Crippen LogP contribution is -2.43. The van der Waals surface area contributed by atoms with Crippen molar-refractivity contribution in [3.63, 3.8) is 0 Å². The first-order valence-electron chi connectivity index (χ1n) is 9.63. The summed E-state index contributed by atoms with van der Waals surface area (Å²) in [4.78, 5) is 42.3. The molecule has 0 saturated carbocycles. The highest BCUT2D eigenvalue weighted by Gasteiger charge is 2.31. The van der Waals surface area contributed by atoms with Gasteiger partial charge in [0.1, 0.15) is 6.54 Å². The minimum absolute atomic E-state index is 0.00629. The molecule has 0 aliphatic carbocycles. The molecule has 7 heteroatoms. The predicted molar refractivity (Wildman–Crippen MR) is 109 cm³/mol. The highest BCUT2D eigenvalue weighted by atomic mass is 32.1. The summed E-state index contributed by atoms with van der Waals surface area (Å²) in [6, 6.07) is 9.44. The van der Waals surface area contributed by atoms with Crippen LogP contribution in [-0.4, -0.2) is 35.7 Å². The fraction of sp³-hybridized carbons (Fsp3) is 0.381. The zero-order chi connectivity index (χ0) is 19.7. The van der Waals surface area contributed by atoms with Crippen molar-refractivity contribution in [2.45, 2.75) is 38.6 Å². The number of benzene rings is 1. The van der Waals surface area contributed by atoms with Crippen molar-refractivity contribution in [2.24, 2.45) is 0 Å². The molecule has 2 aromatic rings. The van der Waals surface area contributed by atoms with E-state index in [0.29, 0.717) is 17.9 Å². The van der Waals surface area contributed by atoms with Crippen molar-refractivity contribution in [1.82, 2.24) is 4.90 Å². The summed E-state index contributed by atoms with van der Waals surface area (Å²) in [7, 11) is 0. The van der Waals surface area contributed by atoms with Gasteiger partial charge in [-0.2, -0.15) is 0 Å². The Morgan fingerprint density at radius 3 is 2.79 bits per heavy atom. The minimum atomic E-state index is -0.217. The summed E-state index contributed by atoms with van der Waals surface area (Å²) in [6.45, 7) is 2.78. The maximum absolute atomic E-state index is 12.9. The number of para-hydroxylation sites is 2. The van der Waals surface area contributed by atoms with Crippen molar-refractivity contribution < 1.29 is 14.4 Å². The van der Waals surface area contributed by atoms with E-state index in [1.165, 1.54) is 15.3 Å². The summed E-state index contributed by atoms with van der Waals surface area (Å²) in [5, 5.41) is 4.86. The number of hydrogen-bond donors (Lipinski definition) is 1. The van der Waals surface area contributed by atoms with Gasteiger partial charge in [-0.15, -0.1) is 11.3 Å². The molecule has 0 bridgehead atoms. The molecule has 28 heavy (non-hydrogen) atoms. The Morgan fingerprint density at radius 1 is 1.18 bits per heavy atom. The van der Waals surface area contributed by atoms with Gasteiger partial charge in [-0.25, -0.2) is 0 Å². The maximum atomic E-state index is 12.9. The van der Waals surface area contributed by atoms with Crippen LogP contribution >= 0.6 is 11.3 Å². The van der Waals surface area contributed by atoms with E-state index in [2.05, 4.69) is 23.7 Å². The molecule has 0 radical (unpaired) electrons. The minimum Gasteiger partial charge on any atom is -0.335 e. The van der Waals surface area contributed by atoms with Gasteiger partial charge in [0.05, 0.1) is 17.4 Å². The summed E-state index contributed by atoms with van der Waals surface area (Å²) in [5.74, 6) is -0.408. The van der Waals surface area contributed by atoms with Gasteiger partial charge in [-0.05, 0) is 42.0 Å². The molecule has 1 unspecified atom stereocenters. The average Bonchev–Trinajstić information content (AvgIpc) is 3.19. The normalized spacial score (nSPS) is 18.3. The van der Waals surface area contributed by atoms with Gasteiger partial charge in [0.15, 0.2) is 0 Å². The molecule has 1 aromatic heterocycles. The first-order chi connectivity index (χ1) is 13.6. The fourth-order valence-corrected chi connectivity index (χ4v) is 5.01. The molecule has 4 rings (SSSR count). The van der Waals surface area contributed by atoms with Gasteiger partial charge in [-0.3, -0.25) is 14.4 Å². The largest absolute Gasteiger partial charge is 0.335 e. The van der Waals surface area contributed by atoms with Crippen LogP contribution < -0.4 is 10.2 Å². The molecular formula is C21H23N3O3S. The van der Waals surface area contributed by atoms with Gasteiger partial charge < -0.3 is 15.1 Å². The second-order valence-corrected chi connectivity index (χ2v) is 8.11. The van der Waals surface area contributed by atoms with Gasteiger partial charge in [0.2, 0.25) is 17.7 Å². The van der Waals surface area contributed by atoms with Crippen LogP contribution in [0.15, 0.2) is 35.7 Å². The molecule has 1 aromatic carbocycles. The van der Waals surface area contributed by atoms with E-state index in [4.69, 9.17) is 0 Å². The molecule has 1 N–H and O–H groups in total. The number of nitrogens with one attached hydrogen (secondary N) is 1. The van der Waals surface area contributed by atoms with Crippen LogP contribution in [0.4, 0.5) is 11.4 Å². The van der Waals surface area contributed by atoms with Gasteiger partial charge >= 0.3 is 0 Å². The number of hydrogen-bond acceptors (Lipinski definition) is 4. The fourth-order valence-electron chi connectivity index (χ4n) is 4.08. The van der Waals surface area contributed by atoms with Crippen molar-refractivity contribution >= 4 is 40.4 Å².